The van der Waals surface area contributed by atoms with Crippen LogP contribution in [0.3, 0.4) is 0 Å². The van der Waals surface area contributed by atoms with E-state index in [-0.39, 0.29) is 36.5 Å². The summed E-state index contributed by atoms with van der Waals surface area (Å²) in [6.07, 6.45) is 4.61. The lowest BCUT2D eigenvalue weighted by molar-refractivity contribution is -0.135. The molecule has 1 saturated heterocycles. The summed E-state index contributed by atoms with van der Waals surface area (Å²) in [6, 6.07) is 7.99. The van der Waals surface area contributed by atoms with Crippen molar-refractivity contribution in [2.24, 2.45) is 0 Å². The molecule has 1 fully saturated rings. The number of halogens is 1. The van der Waals surface area contributed by atoms with E-state index in [4.69, 9.17) is 0 Å². The third-order valence-corrected chi connectivity index (χ3v) is 6.56. The van der Waals surface area contributed by atoms with Crippen molar-refractivity contribution in [1.82, 2.24) is 24.3 Å². The molecule has 0 radical (unpaired) electrons. The molecule has 3 aromatic heterocycles. The van der Waals surface area contributed by atoms with Gasteiger partial charge in [0.2, 0.25) is 17.7 Å². The van der Waals surface area contributed by atoms with Crippen molar-refractivity contribution in [2.45, 2.75) is 38.6 Å². The predicted octanol–water partition coefficient (Wildman–Crippen LogP) is 2.66. The van der Waals surface area contributed by atoms with Crippen molar-refractivity contribution < 1.29 is 14.4 Å². The minimum atomic E-state index is -0.837. The smallest absolute Gasteiger partial charge is 0.264 e. The van der Waals surface area contributed by atoms with Crippen molar-refractivity contribution in [3.63, 3.8) is 0 Å². The first kappa shape index (κ1) is 22.9. The number of rotatable bonds is 5. The second-order valence-electron chi connectivity index (χ2n) is 8.37. The number of imide groups is 1. The Hall–Kier alpha value is -3.86. The van der Waals surface area contributed by atoms with Gasteiger partial charge in [0.1, 0.15) is 17.5 Å². The first-order valence-corrected chi connectivity index (χ1v) is 11.9. The maximum atomic E-state index is 13.5. The highest BCUT2D eigenvalue weighted by Gasteiger charge is 2.30. The number of anilines is 1. The average molecular weight is 537 g/mol. The highest BCUT2D eigenvalue weighted by molar-refractivity contribution is 9.10. The van der Waals surface area contributed by atoms with Crippen LogP contribution in [0.15, 0.2) is 52.0 Å². The number of aromatic nitrogens is 4. The fraction of sp³-hybridized carbons (Fsp3) is 0.250. The summed E-state index contributed by atoms with van der Waals surface area (Å²) < 4.78 is 4.14. The van der Waals surface area contributed by atoms with E-state index in [1.807, 2.05) is 22.7 Å². The van der Waals surface area contributed by atoms with Crippen LogP contribution in [0.25, 0.3) is 16.6 Å². The number of hydrogen-bond acceptors (Lipinski definition) is 6. The van der Waals surface area contributed by atoms with Crippen LogP contribution in [-0.4, -0.2) is 36.7 Å². The molecular formula is C24H21BrN6O4. The molecule has 3 amide bonds. The van der Waals surface area contributed by atoms with Crippen LogP contribution in [0.1, 0.15) is 36.8 Å². The van der Waals surface area contributed by atoms with Crippen LogP contribution in [-0.2, 0) is 20.8 Å². The van der Waals surface area contributed by atoms with Crippen LogP contribution in [0.2, 0.25) is 0 Å². The van der Waals surface area contributed by atoms with Gasteiger partial charge in [-0.25, -0.2) is 9.97 Å². The molecule has 178 valence electrons. The van der Waals surface area contributed by atoms with Crippen molar-refractivity contribution in [3.8, 4) is 0 Å². The SMILES string of the molecule is Cc1nc2cccc(NC(=O)CCc3cnc4cc(Br)ccn34)c2c(=O)n1C1CCC(=O)NC1=O. The Morgan fingerprint density at radius 1 is 1.26 bits per heavy atom. The summed E-state index contributed by atoms with van der Waals surface area (Å²) in [4.78, 5) is 59.1. The zero-order valence-corrected chi connectivity index (χ0v) is 20.3. The summed E-state index contributed by atoms with van der Waals surface area (Å²) in [5.74, 6) is -0.803. The number of imidazole rings is 1. The molecule has 1 aliphatic rings. The fourth-order valence-corrected chi connectivity index (χ4v) is 4.72. The van der Waals surface area contributed by atoms with Gasteiger partial charge in [-0.1, -0.05) is 22.0 Å². The zero-order valence-electron chi connectivity index (χ0n) is 18.7. The number of piperidine rings is 1. The monoisotopic (exact) mass is 536 g/mol. The molecule has 35 heavy (non-hydrogen) atoms. The van der Waals surface area contributed by atoms with E-state index in [0.717, 1.165) is 15.8 Å². The predicted molar refractivity (Wildman–Crippen MR) is 132 cm³/mol. The lowest BCUT2D eigenvalue weighted by Gasteiger charge is -2.24. The Morgan fingerprint density at radius 3 is 2.89 bits per heavy atom. The largest absolute Gasteiger partial charge is 0.325 e. The number of aryl methyl sites for hydroxylation is 2. The van der Waals surface area contributed by atoms with E-state index in [1.54, 1.807) is 31.3 Å². The van der Waals surface area contributed by atoms with Gasteiger partial charge in [0, 0.05) is 35.4 Å². The number of pyridine rings is 1. The summed E-state index contributed by atoms with van der Waals surface area (Å²) in [7, 11) is 0. The standard InChI is InChI=1S/C24H21BrN6O4/c1-13-27-16-3-2-4-17(22(16)24(35)31(13)18-6-8-21(33)29-23(18)34)28-20(32)7-5-15-12-26-19-11-14(25)9-10-30(15)19/h2-4,9-12,18H,5-8H2,1H3,(H,28,32)(H,29,33,34). The van der Waals surface area contributed by atoms with E-state index in [1.165, 1.54) is 4.57 Å². The van der Waals surface area contributed by atoms with E-state index in [0.29, 0.717) is 23.4 Å². The van der Waals surface area contributed by atoms with Gasteiger partial charge in [-0.05, 0) is 44.0 Å². The fourth-order valence-electron chi connectivity index (χ4n) is 4.40. The molecule has 11 heteroatoms. The number of nitrogens with one attached hydrogen (secondary N) is 2. The van der Waals surface area contributed by atoms with Gasteiger partial charge in [0.25, 0.3) is 5.56 Å². The van der Waals surface area contributed by atoms with Gasteiger partial charge in [0.15, 0.2) is 0 Å². The molecule has 0 saturated carbocycles. The first-order chi connectivity index (χ1) is 16.8. The van der Waals surface area contributed by atoms with Gasteiger partial charge in [-0.2, -0.15) is 0 Å². The van der Waals surface area contributed by atoms with E-state index in [9.17, 15) is 19.2 Å². The van der Waals surface area contributed by atoms with Gasteiger partial charge in [0.05, 0.1) is 16.6 Å². The van der Waals surface area contributed by atoms with E-state index in [2.05, 4.69) is 36.5 Å². The van der Waals surface area contributed by atoms with E-state index >= 15 is 0 Å². The van der Waals surface area contributed by atoms with Crippen LogP contribution in [0.5, 0.6) is 0 Å². The third kappa shape index (κ3) is 4.34. The minimum Gasteiger partial charge on any atom is -0.325 e. The molecule has 1 unspecified atom stereocenters. The Morgan fingerprint density at radius 2 is 2.09 bits per heavy atom. The second kappa shape index (κ2) is 9.06. The third-order valence-electron chi connectivity index (χ3n) is 6.06. The molecule has 0 bridgehead atoms. The van der Waals surface area contributed by atoms with Crippen LogP contribution in [0.4, 0.5) is 5.69 Å². The highest BCUT2D eigenvalue weighted by atomic mass is 79.9. The number of carbonyl (C=O) groups excluding carboxylic acids is 3. The van der Waals surface area contributed by atoms with Crippen molar-refractivity contribution in [2.75, 3.05) is 5.32 Å². The summed E-state index contributed by atoms with van der Waals surface area (Å²) in [5.41, 5.74) is 1.97. The Kier molecular flexibility index (Phi) is 5.93. The van der Waals surface area contributed by atoms with Gasteiger partial charge in [-0.15, -0.1) is 0 Å². The zero-order chi connectivity index (χ0) is 24.7. The Bertz CT molecular complexity index is 1570. The van der Waals surface area contributed by atoms with Crippen molar-refractivity contribution in [3.05, 3.63) is 69.1 Å². The quantitative estimate of drug-likeness (QED) is 0.377. The molecular weight excluding hydrogens is 516 g/mol. The number of amides is 3. The minimum absolute atomic E-state index is 0.138. The first-order valence-electron chi connectivity index (χ1n) is 11.1. The van der Waals surface area contributed by atoms with Gasteiger partial charge >= 0.3 is 0 Å². The number of fused-ring (bicyclic) bond motifs is 2. The van der Waals surface area contributed by atoms with Gasteiger partial charge in [-0.3, -0.25) is 29.1 Å². The lowest BCUT2D eigenvalue weighted by atomic mass is 10.1. The molecule has 1 atom stereocenters. The summed E-state index contributed by atoms with van der Waals surface area (Å²) in [5, 5.41) is 5.33. The Balaban J connectivity index is 1.42. The summed E-state index contributed by atoms with van der Waals surface area (Å²) >= 11 is 3.42. The lowest BCUT2D eigenvalue weighted by Crippen LogP contribution is -2.45. The molecule has 5 rings (SSSR count). The number of carbonyl (C=O) groups is 3. The number of nitrogens with zero attached hydrogens (tertiary/aromatic N) is 4. The van der Waals surface area contributed by atoms with Crippen molar-refractivity contribution in [1.29, 1.82) is 0 Å². The molecule has 1 aromatic carbocycles. The van der Waals surface area contributed by atoms with Crippen LogP contribution >= 0.6 is 15.9 Å². The van der Waals surface area contributed by atoms with Gasteiger partial charge < -0.3 is 9.72 Å². The number of benzene rings is 1. The molecule has 0 spiro atoms. The normalized spacial score (nSPS) is 16.0. The van der Waals surface area contributed by atoms with Crippen LogP contribution < -0.4 is 16.2 Å². The average Bonchev–Trinajstić information content (AvgIpc) is 3.21. The molecule has 1 aliphatic heterocycles. The van der Waals surface area contributed by atoms with Crippen LogP contribution in [0, 0.1) is 6.92 Å². The Labute approximate surface area is 207 Å². The molecule has 0 aliphatic carbocycles. The summed E-state index contributed by atoms with van der Waals surface area (Å²) in [6.45, 7) is 1.64. The van der Waals surface area contributed by atoms with E-state index < -0.39 is 17.5 Å². The van der Waals surface area contributed by atoms with Crippen molar-refractivity contribution >= 4 is 55.9 Å². The topological polar surface area (TPSA) is 127 Å². The second-order valence-corrected chi connectivity index (χ2v) is 9.29. The molecule has 4 aromatic rings. The molecule has 10 nitrogen and oxygen atoms in total. The maximum absolute atomic E-state index is 13.5. The molecule has 2 N–H and O–H groups in total. The maximum Gasteiger partial charge on any atom is 0.264 e. The number of hydrogen-bond donors (Lipinski definition) is 2. The molecule has 4 heterocycles. The highest BCUT2D eigenvalue weighted by Crippen LogP contribution is 2.24.